The summed E-state index contributed by atoms with van der Waals surface area (Å²) in [6.45, 7) is 4.36. The molecule has 1 unspecified atom stereocenters. The zero-order valence-electron chi connectivity index (χ0n) is 9.31. The molecule has 2 heteroatoms. The molecular weight excluding hydrogens is 174 g/mol. The minimum Gasteiger partial charge on any atom is -0.377 e. The highest BCUT2D eigenvalue weighted by molar-refractivity contribution is 5.00. The highest BCUT2D eigenvalue weighted by Crippen LogP contribution is 2.34. The monoisotopic (exact) mass is 195 g/mol. The molecule has 0 aliphatic carbocycles. The van der Waals surface area contributed by atoms with Crippen molar-refractivity contribution in [2.45, 2.75) is 38.2 Å². The van der Waals surface area contributed by atoms with Crippen LogP contribution in [0, 0.1) is 18.3 Å². The number of ether oxygens (including phenoxy) is 1. The van der Waals surface area contributed by atoms with Crippen LogP contribution in [0.5, 0.6) is 0 Å². The predicted molar refractivity (Wildman–Crippen MR) is 59.1 cm³/mol. The van der Waals surface area contributed by atoms with Crippen molar-refractivity contribution < 1.29 is 4.74 Å². The Hall–Kier alpha value is -0.520. The molecule has 2 nitrogen and oxygen atoms in total. The van der Waals surface area contributed by atoms with Crippen LogP contribution in [-0.4, -0.2) is 25.8 Å². The maximum absolute atomic E-state index is 5.70. The van der Waals surface area contributed by atoms with Gasteiger partial charge < -0.3 is 10.1 Å². The van der Waals surface area contributed by atoms with Gasteiger partial charge >= 0.3 is 0 Å². The van der Waals surface area contributed by atoms with Crippen LogP contribution in [0.15, 0.2) is 0 Å². The summed E-state index contributed by atoms with van der Waals surface area (Å²) >= 11 is 0. The molecule has 1 rings (SSSR count). The molecule has 1 saturated heterocycles. The average molecular weight is 195 g/mol. The predicted octanol–water partition coefficient (Wildman–Crippen LogP) is 1.80. The zero-order valence-corrected chi connectivity index (χ0v) is 9.31. The summed E-state index contributed by atoms with van der Waals surface area (Å²) in [5.41, 5.74) is -0.0726. The second kappa shape index (κ2) is 5.38. The smallest absolute Gasteiger partial charge is 0.0813 e. The van der Waals surface area contributed by atoms with E-state index < -0.39 is 0 Å². The second-order valence-electron chi connectivity index (χ2n) is 4.03. The lowest BCUT2D eigenvalue weighted by Crippen LogP contribution is -2.44. The van der Waals surface area contributed by atoms with Crippen molar-refractivity contribution in [3.8, 4) is 12.3 Å². The van der Waals surface area contributed by atoms with E-state index in [2.05, 4.69) is 18.2 Å². The fourth-order valence-corrected chi connectivity index (χ4v) is 2.46. The van der Waals surface area contributed by atoms with Gasteiger partial charge in [0.05, 0.1) is 5.60 Å². The van der Waals surface area contributed by atoms with E-state index >= 15 is 0 Å². The van der Waals surface area contributed by atoms with E-state index in [-0.39, 0.29) is 5.60 Å². The van der Waals surface area contributed by atoms with E-state index in [9.17, 15) is 0 Å². The third kappa shape index (κ3) is 2.29. The van der Waals surface area contributed by atoms with Gasteiger partial charge in [-0.05, 0) is 38.3 Å². The second-order valence-corrected chi connectivity index (χ2v) is 4.03. The summed E-state index contributed by atoms with van der Waals surface area (Å²) in [5, 5.41) is 3.37. The van der Waals surface area contributed by atoms with Crippen molar-refractivity contribution in [2.75, 3.05) is 20.2 Å². The van der Waals surface area contributed by atoms with E-state index in [4.69, 9.17) is 11.2 Å². The van der Waals surface area contributed by atoms with Crippen molar-refractivity contribution in [3.63, 3.8) is 0 Å². The lowest BCUT2D eigenvalue weighted by molar-refractivity contribution is -0.0666. The van der Waals surface area contributed by atoms with Crippen LogP contribution in [0.25, 0.3) is 0 Å². The van der Waals surface area contributed by atoms with Crippen LogP contribution in [-0.2, 0) is 4.74 Å². The molecule has 0 aromatic carbocycles. The number of rotatable bonds is 4. The molecule has 0 saturated carbocycles. The molecule has 14 heavy (non-hydrogen) atoms. The first kappa shape index (κ1) is 11.6. The van der Waals surface area contributed by atoms with E-state index in [1.807, 2.05) is 0 Å². The fraction of sp³-hybridized carbons (Fsp3) is 0.833. The number of hydrogen-bond acceptors (Lipinski definition) is 2. The van der Waals surface area contributed by atoms with Crippen LogP contribution in [0.4, 0.5) is 0 Å². The summed E-state index contributed by atoms with van der Waals surface area (Å²) in [6, 6.07) is 0. The van der Waals surface area contributed by atoms with Crippen molar-refractivity contribution in [1.29, 1.82) is 0 Å². The Morgan fingerprint density at radius 3 is 2.57 bits per heavy atom. The molecule has 0 spiro atoms. The van der Waals surface area contributed by atoms with E-state index in [0.29, 0.717) is 5.92 Å². The summed E-state index contributed by atoms with van der Waals surface area (Å²) in [7, 11) is 1.79. The Morgan fingerprint density at radius 2 is 2.14 bits per heavy atom. The standard InChI is InChI=1S/C12H21NO/c1-4-8-12(5-2,14-3)11-6-9-13-10-7-11/h1,11,13H,5-10H2,2-3H3. The third-order valence-electron chi connectivity index (χ3n) is 3.49. The summed E-state index contributed by atoms with van der Waals surface area (Å²) in [6.07, 6.45) is 9.55. The molecule has 1 aliphatic heterocycles. The van der Waals surface area contributed by atoms with Crippen molar-refractivity contribution in [2.24, 2.45) is 5.92 Å². The van der Waals surface area contributed by atoms with Crippen LogP contribution >= 0.6 is 0 Å². The number of methoxy groups -OCH3 is 1. The minimum atomic E-state index is -0.0726. The van der Waals surface area contributed by atoms with Gasteiger partial charge in [0.25, 0.3) is 0 Å². The molecular formula is C12H21NO. The third-order valence-corrected chi connectivity index (χ3v) is 3.49. The number of hydrogen-bond donors (Lipinski definition) is 1. The summed E-state index contributed by atoms with van der Waals surface area (Å²) in [4.78, 5) is 0. The summed E-state index contributed by atoms with van der Waals surface area (Å²) in [5.74, 6) is 3.38. The number of nitrogens with one attached hydrogen (secondary N) is 1. The van der Waals surface area contributed by atoms with E-state index in [0.717, 1.165) is 25.9 Å². The van der Waals surface area contributed by atoms with Gasteiger partial charge in [-0.25, -0.2) is 0 Å². The Bertz CT molecular complexity index is 197. The SMILES string of the molecule is C#CCC(CC)(OC)C1CCNCC1. The Labute approximate surface area is 87.4 Å². The molecule has 0 aromatic heterocycles. The van der Waals surface area contributed by atoms with Crippen LogP contribution in [0.1, 0.15) is 32.6 Å². The van der Waals surface area contributed by atoms with Crippen molar-refractivity contribution >= 4 is 0 Å². The Morgan fingerprint density at radius 1 is 1.50 bits per heavy atom. The van der Waals surface area contributed by atoms with Gasteiger partial charge in [0.1, 0.15) is 0 Å². The van der Waals surface area contributed by atoms with Gasteiger partial charge in [-0.2, -0.15) is 0 Å². The maximum Gasteiger partial charge on any atom is 0.0813 e. The highest BCUT2D eigenvalue weighted by Gasteiger charge is 2.37. The van der Waals surface area contributed by atoms with Crippen molar-refractivity contribution in [1.82, 2.24) is 5.32 Å². The van der Waals surface area contributed by atoms with Gasteiger partial charge in [-0.3, -0.25) is 0 Å². The quantitative estimate of drug-likeness (QED) is 0.691. The normalized spacial score (nSPS) is 22.6. The van der Waals surface area contributed by atoms with Crippen LogP contribution in [0.3, 0.4) is 0 Å². The first-order chi connectivity index (χ1) is 6.79. The van der Waals surface area contributed by atoms with Gasteiger partial charge in [0.2, 0.25) is 0 Å². The minimum absolute atomic E-state index is 0.0726. The van der Waals surface area contributed by atoms with Gasteiger partial charge in [0, 0.05) is 13.5 Å². The first-order valence-electron chi connectivity index (χ1n) is 5.48. The Kier molecular flexibility index (Phi) is 4.44. The zero-order chi connectivity index (χ0) is 10.4. The first-order valence-corrected chi connectivity index (χ1v) is 5.48. The molecule has 0 aromatic rings. The van der Waals surface area contributed by atoms with Crippen molar-refractivity contribution in [3.05, 3.63) is 0 Å². The largest absolute Gasteiger partial charge is 0.377 e. The molecule has 0 bridgehead atoms. The van der Waals surface area contributed by atoms with Crippen LogP contribution in [0.2, 0.25) is 0 Å². The number of terminal acetylenes is 1. The molecule has 1 atom stereocenters. The molecule has 0 amide bonds. The van der Waals surface area contributed by atoms with Gasteiger partial charge in [-0.1, -0.05) is 6.92 Å². The highest BCUT2D eigenvalue weighted by atomic mass is 16.5. The molecule has 80 valence electrons. The van der Waals surface area contributed by atoms with E-state index in [1.165, 1.54) is 12.8 Å². The molecule has 1 fully saturated rings. The molecule has 1 heterocycles. The molecule has 1 N–H and O–H groups in total. The molecule has 0 radical (unpaired) electrons. The summed E-state index contributed by atoms with van der Waals surface area (Å²) < 4.78 is 5.70. The van der Waals surface area contributed by atoms with E-state index in [1.54, 1.807) is 7.11 Å². The number of piperidine rings is 1. The lowest BCUT2D eigenvalue weighted by Gasteiger charge is -2.40. The van der Waals surface area contributed by atoms with Gasteiger partial charge in [-0.15, -0.1) is 12.3 Å². The lowest BCUT2D eigenvalue weighted by atomic mass is 9.77. The average Bonchev–Trinajstić information content (AvgIpc) is 2.27. The fourth-order valence-electron chi connectivity index (χ4n) is 2.46. The molecule has 1 aliphatic rings. The van der Waals surface area contributed by atoms with Crippen LogP contribution < -0.4 is 5.32 Å². The Balaban J connectivity index is 2.68. The topological polar surface area (TPSA) is 21.3 Å². The van der Waals surface area contributed by atoms with Gasteiger partial charge in [0.15, 0.2) is 0 Å². The maximum atomic E-state index is 5.70.